The standard InChI is InChI=1S/C20H19ClN4O3/c1-28-17-9-12(8-14(21)18(17)26)10-25-7-5-13-16(11-25)23-19(24-20(13)27)15-4-2-3-6-22-15/h2-4,6,8-9,26H,5,7,10-11H2,1H3,(H,23,24,27). The zero-order valence-electron chi connectivity index (χ0n) is 15.3. The van der Waals surface area contributed by atoms with Crippen LogP contribution in [-0.4, -0.2) is 38.6 Å². The van der Waals surface area contributed by atoms with Crippen LogP contribution in [0.3, 0.4) is 0 Å². The number of halogens is 1. The van der Waals surface area contributed by atoms with Gasteiger partial charge in [-0.1, -0.05) is 17.7 Å². The molecule has 28 heavy (non-hydrogen) atoms. The molecule has 3 aromatic rings. The number of ether oxygens (including phenoxy) is 1. The van der Waals surface area contributed by atoms with E-state index in [2.05, 4.69) is 19.9 Å². The third kappa shape index (κ3) is 3.58. The minimum absolute atomic E-state index is 0.0647. The van der Waals surface area contributed by atoms with Gasteiger partial charge in [0.1, 0.15) is 5.69 Å². The molecule has 0 unspecified atom stereocenters. The van der Waals surface area contributed by atoms with E-state index in [9.17, 15) is 9.90 Å². The number of phenolic OH excluding ortho intramolecular Hbond substituents is 1. The molecule has 8 heteroatoms. The van der Waals surface area contributed by atoms with Crippen molar-refractivity contribution in [3.8, 4) is 23.0 Å². The normalized spacial score (nSPS) is 13.9. The minimum atomic E-state index is -0.111. The lowest BCUT2D eigenvalue weighted by Crippen LogP contribution is -2.35. The van der Waals surface area contributed by atoms with Gasteiger partial charge in [0, 0.05) is 31.4 Å². The van der Waals surface area contributed by atoms with Gasteiger partial charge in [-0.2, -0.15) is 0 Å². The maximum atomic E-state index is 12.5. The van der Waals surface area contributed by atoms with Gasteiger partial charge in [-0.15, -0.1) is 0 Å². The van der Waals surface area contributed by atoms with Crippen molar-refractivity contribution in [3.63, 3.8) is 0 Å². The van der Waals surface area contributed by atoms with Gasteiger partial charge in [0.05, 0.1) is 17.8 Å². The number of methoxy groups -OCH3 is 1. The van der Waals surface area contributed by atoms with Gasteiger partial charge in [0.25, 0.3) is 5.56 Å². The summed E-state index contributed by atoms with van der Waals surface area (Å²) in [6, 6.07) is 8.98. The monoisotopic (exact) mass is 398 g/mol. The predicted molar refractivity (Wildman–Crippen MR) is 106 cm³/mol. The van der Waals surface area contributed by atoms with Crippen LogP contribution in [0.4, 0.5) is 0 Å². The van der Waals surface area contributed by atoms with Crippen LogP contribution in [0.2, 0.25) is 5.02 Å². The van der Waals surface area contributed by atoms with Crippen molar-refractivity contribution in [2.75, 3.05) is 13.7 Å². The average molecular weight is 399 g/mol. The first-order valence-electron chi connectivity index (χ1n) is 8.86. The molecule has 0 spiro atoms. The smallest absolute Gasteiger partial charge is 0.254 e. The Morgan fingerprint density at radius 2 is 2.21 bits per heavy atom. The molecule has 2 N–H and O–H groups in total. The molecular formula is C20H19ClN4O3. The van der Waals surface area contributed by atoms with E-state index >= 15 is 0 Å². The Labute approximate surface area is 166 Å². The van der Waals surface area contributed by atoms with Crippen LogP contribution in [0.15, 0.2) is 41.3 Å². The number of nitrogens with one attached hydrogen (secondary N) is 1. The van der Waals surface area contributed by atoms with Crippen molar-refractivity contribution in [1.82, 2.24) is 19.9 Å². The van der Waals surface area contributed by atoms with Crippen LogP contribution in [0.5, 0.6) is 11.5 Å². The Morgan fingerprint density at radius 1 is 1.36 bits per heavy atom. The molecule has 144 valence electrons. The highest BCUT2D eigenvalue weighted by Gasteiger charge is 2.22. The number of aromatic nitrogens is 3. The molecule has 0 atom stereocenters. The summed E-state index contributed by atoms with van der Waals surface area (Å²) in [5.41, 5.74) is 2.91. The molecule has 0 aliphatic carbocycles. The Kier molecular flexibility index (Phi) is 5.02. The van der Waals surface area contributed by atoms with E-state index in [0.29, 0.717) is 36.8 Å². The fourth-order valence-corrected chi connectivity index (χ4v) is 3.62. The molecule has 0 saturated carbocycles. The second-order valence-corrected chi connectivity index (χ2v) is 7.05. The highest BCUT2D eigenvalue weighted by molar-refractivity contribution is 6.32. The summed E-state index contributed by atoms with van der Waals surface area (Å²) >= 11 is 6.09. The number of aromatic hydroxyl groups is 1. The van der Waals surface area contributed by atoms with Gasteiger partial charge in [0.15, 0.2) is 17.3 Å². The van der Waals surface area contributed by atoms with Crippen LogP contribution in [-0.2, 0) is 19.5 Å². The Bertz CT molecular complexity index is 1070. The van der Waals surface area contributed by atoms with Crippen molar-refractivity contribution in [1.29, 1.82) is 0 Å². The molecule has 2 aromatic heterocycles. The van der Waals surface area contributed by atoms with Gasteiger partial charge < -0.3 is 14.8 Å². The van der Waals surface area contributed by atoms with E-state index < -0.39 is 0 Å². The number of pyridine rings is 1. The highest BCUT2D eigenvalue weighted by Crippen LogP contribution is 2.35. The van der Waals surface area contributed by atoms with Crippen LogP contribution in [0, 0.1) is 0 Å². The Balaban J connectivity index is 1.60. The number of aromatic amines is 1. The van der Waals surface area contributed by atoms with E-state index in [1.807, 2.05) is 18.2 Å². The van der Waals surface area contributed by atoms with Crippen molar-refractivity contribution < 1.29 is 9.84 Å². The van der Waals surface area contributed by atoms with Crippen molar-refractivity contribution in [2.45, 2.75) is 19.5 Å². The van der Waals surface area contributed by atoms with Crippen LogP contribution in [0.25, 0.3) is 11.5 Å². The van der Waals surface area contributed by atoms with Crippen molar-refractivity contribution in [3.05, 3.63) is 68.7 Å². The SMILES string of the molecule is COc1cc(CN2CCc3c(nc(-c4ccccn4)[nH]c3=O)C2)cc(Cl)c1O. The van der Waals surface area contributed by atoms with Crippen LogP contribution < -0.4 is 10.3 Å². The molecule has 1 aliphatic rings. The van der Waals surface area contributed by atoms with E-state index in [1.165, 1.54) is 7.11 Å². The lowest BCUT2D eigenvalue weighted by molar-refractivity contribution is 0.240. The molecule has 0 radical (unpaired) electrons. The highest BCUT2D eigenvalue weighted by atomic mass is 35.5. The molecule has 1 aromatic carbocycles. The molecule has 0 saturated heterocycles. The van der Waals surface area contributed by atoms with Gasteiger partial charge in [-0.3, -0.25) is 14.7 Å². The molecule has 0 fully saturated rings. The first kappa shape index (κ1) is 18.5. The van der Waals surface area contributed by atoms with Crippen molar-refractivity contribution >= 4 is 11.6 Å². The maximum Gasteiger partial charge on any atom is 0.254 e. The number of benzene rings is 1. The predicted octanol–water partition coefficient (Wildman–Crippen LogP) is 2.76. The first-order chi connectivity index (χ1) is 13.5. The largest absolute Gasteiger partial charge is 0.503 e. The van der Waals surface area contributed by atoms with Gasteiger partial charge in [-0.05, 0) is 36.2 Å². The summed E-state index contributed by atoms with van der Waals surface area (Å²) in [7, 11) is 1.49. The molecule has 4 rings (SSSR count). The minimum Gasteiger partial charge on any atom is -0.503 e. The number of hydrogen-bond donors (Lipinski definition) is 2. The molecule has 0 amide bonds. The van der Waals surface area contributed by atoms with E-state index in [1.54, 1.807) is 18.3 Å². The van der Waals surface area contributed by atoms with Gasteiger partial charge in [-0.25, -0.2) is 4.98 Å². The summed E-state index contributed by atoms with van der Waals surface area (Å²) in [5.74, 6) is 0.748. The van der Waals surface area contributed by atoms with E-state index in [4.69, 9.17) is 16.3 Å². The number of rotatable bonds is 4. The number of hydrogen-bond acceptors (Lipinski definition) is 6. The topological polar surface area (TPSA) is 91.3 Å². The summed E-state index contributed by atoms with van der Waals surface area (Å²) in [5, 5.41) is 10.2. The fraction of sp³-hybridized carbons (Fsp3) is 0.250. The lowest BCUT2D eigenvalue weighted by atomic mass is 10.1. The summed E-state index contributed by atoms with van der Waals surface area (Å²) < 4.78 is 5.17. The quantitative estimate of drug-likeness (QED) is 0.702. The number of fused-ring (bicyclic) bond motifs is 1. The number of H-pyrrole nitrogens is 1. The Morgan fingerprint density at radius 3 is 2.96 bits per heavy atom. The van der Waals surface area contributed by atoms with Crippen molar-refractivity contribution in [2.24, 2.45) is 0 Å². The summed E-state index contributed by atoms with van der Waals surface area (Å²) in [4.78, 5) is 26.4. The summed E-state index contributed by atoms with van der Waals surface area (Å²) in [6.45, 7) is 1.87. The number of phenols is 1. The second-order valence-electron chi connectivity index (χ2n) is 6.64. The average Bonchev–Trinajstić information content (AvgIpc) is 2.71. The zero-order chi connectivity index (χ0) is 19.7. The Hall–Kier alpha value is -2.90. The third-order valence-electron chi connectivity index (χ3n) is 4.77. The maximum absolute atomic E-state index is 12.5. The third-order valence-corrected chi connectivity index (χ3v) is 5.06. The molecule has 1 aliphatic heterocycles. The molecule has 3 heterocycles. The lowest BCUT2D eigenvalue weighted by Gasteiger charge is -2.28. The molecular weight excluding hydrogens is 380 g/mol. The fourth-order valence-electron chi connectivity index (χ4n) is 3.39. The van der Waals surface area contributed by atoms with Crippen LogP contribution >= 0.6 is 11.6 Å². The van der Waals surface area contributed by atoms with Crippen LogP contribution in [0.1, 0.15) is 16.8 Å². The first-order valence-corrected chi connectivity index (χ1v) is 9.24. The van der Waals surface area contributed by atoms with Gasteiger partial charge >= 0.3 is 0 Å². The molecule has 7 nitrogen and oxygen atoms in total. The zero-order valence-corrected chi connectivity index (χ0v) is 16.0. The number of nitrogens with zero attached hydrogens (tertiary/aromatic N) is 3. The molecule has 0 bridgehead atoms. The second kappa shape index (κ2) is 7.61. The summed E-state index contributed by atoms with van der Waals surface area (Å²) in [6.07, 6.45) is 2.28. The van der Waals surface area contributed by atoms with Gasteiger partial charge in [0.2, 0.25) is 0 Å². The van der Waals surface area contributed by atoms with E-state index in [0.717, 1.165) is 23.4 Å². The van der Waals surface area contributed by atoms with E-state index in [-0.39, 0.29) is 16.3 Å².